The van der Waals surface area contributed by atoms with Gasteiger partial charge in [0.15, 0.2) is 5.66 Å². The topological polar surface area (TPSA) is 188 Å². The number of hydrogen-bond acceptors (Lipinski definition) is 11. The number of hydrogen-bond donors (Lipinski definition) is 6. The zero-order valence-corrected chi connectivity index (χ0v) is 28.5. The highest BCUT2D eigenvalue weighted by Gasteiger charge is 2.74. The van der Waals surface area contributed by atoms with Gasteiger partial charge in [-0.3, -0.25) is 24.7 Å². The summed E-state index contributed by atoms with van der Waals surface area (Å²) in [6.07, 6.45) is -1.10. The molecule has 0 saturated carbocycles. The summed E-state index contributed by atoms with van der Waals surface area (Å²) in [5, 5.41) is 35.3. The summed E-state index contributed by atoms with van der Waals surface area (Å²) in [5.74, 6) is -3.97. The van der Waals surface area contributed by atoms with Crippen LogP contribution in [0.5, 0.6) is 0 Å². The Morgan fingerprint density at radius 3 is 2.53 bits per heavy atom. The van der Waals surface area contributed by atoms with E-state index in [0.717, 1.165) is 10.5 Å². The molecule has 0 radical (unpaired) electrons. The zero-order valence-electron chi connectivity index (χ0n) is 26.2. The number of benzene rings is 2. The van der Waals surface area contributed by atoms with Gasteiger partial charge in [-0.1, -0.05) is 71.7 Å². The fraction of sp³-hybridized carbons (Fsp3) is 0.387. The van der Waals surface area contributed by atoms with Gasteiger partial charge in [0.25, 0.3) is 11.8 Å². The molecule has 0 unspecified atom stereocenters. The monoisotopic (exact) mass is 734 g/mol. The maximum absolute atomic E-state index is 13.5. The van der Waals surface area contributed by atoms with Crippen molar-refractivity contribution in [1.29, 1.82) is 0 Å². The van der Waals surface area contributed by atoms with E-state index in [9.17, 15) is 29.4 Å². The molecule has 4 atom stereocenters. The van der Waals surface area contributed by atoms with E-state index in [1.165, 1.54) is 9.80 Å². The largest absolute Gasteiger partial charge is 0.445 e. The molecule has 6 N–H and O–H groups in total. The minimum absolute atomic E-state index is 0.147. The average molecular weight is 736 g/mol. The van der Waals surface area contributed by atoms with E-state index >= 15 is 0 Å². The summed E-state index contributed by atoms with van der Waals surface area (Å²) in [5.41, 5.74) is 0.435. The summed E-state index contributed by atoms with van der Waals surface area (Å²) < 4.78 is 3.12. The third-order valence-corrected chi connectivity index (χ3v) is 9.44. The molecule has 18 heteroatoms. The van der Waals surface area contributed by atoms with Crippen molar-refractivity contribution in [1.82, 2.24) is 31.1 Å². The molecule has 4 aliphatic rings. The van der Waals surface area contributed by atoms with Crippen molar-refractivity contribution < 1.29 is 34.1 Å². The molecule has 2 aromatic carbocycles. The van der Waals surface area contributed by atoms with Crippen LogP contribution in [0.25, 0.3) is 0 Å². The number of aryl methyl sites for hydroxylation is 1. The standard InChI is InChI=1S/C31H33Cl3N8O7/c1-16-8-7-11-20(17(16)2)25(44)37-22-13-42-26(38-27(45)49-15-29(32,33)34)36-21(24-30(42,31(22,47)48)39-18(3)35-24)12-41-23(43)14-40(28(41)46)19-9-5-4-6-10-19/h4-11,21-22,24,35,39,47-48H,3,12-15H2,1-2H3,(H,37,44)(H,36,38,45)/t21-,22-,24-,30-/m0/s1. The first kappa shape index (κ1) is 34.6. The summed E-state index contributed by atoms with van der Waals surface area (Å²) in [7, 11) is 0. The van der Waals surface area contributed by atoms with Crippen molar-refractivity contribution in [3.05, 3.63) is 77.6 Å². The lowest BCUT2D eigenvalue weighted by Gasteiger charge is -2.49. The molecule has 3 fully saturated rings. The number of nitrogens with zero attached hydrogens (tertiary/aromatic N) is 4. The average Bonchev–Trinajstić information content (AvgIpc) is 3.62. The normalized spacial score (nSPS) is 25.7. The maximum Gasteiger partial charge on any atom is 0.414 e. The van der Waals surface area contributed by atoms with Crippen molar-refractivity contribution in [2.75, 3.05) is 31.1 Å². The minimum atomic E-state index is -2.78. The van der Waals surface area contributed by atoms with E-state index < -0.39 is 63.9 Å². The van der Waals surface area contributed by atoms with Crippen molar-refractivity contribution in [3.63, 3.8) is 0 Å². The van der Waals surface area contributed by atoms with Crippen LogP contribution in [0.3, 0.4) is 0 Å². The Bertz CT molecular complexity index is 1750. The summed E-state index contributed by atoms with van der Waals surface area (Å²) >= 11 is 17.3. The van der Waals surface area contributed by atoms with Gasteiger partial charge in [-0.05, 0) is 43.2 Å². The molecule has 0 bridgehead atoms. The van der Waals surface area contributed by atoms with Crippen LogP contribution >= 0.6 is 34.8 Å². The molecule has 4 heterocycles. The number of halogens is 3. The molecule has 0 aromatic heterocycles. The third-order valence-electron chi connectivity index (χ3n) is 9.12. The summed E-state index contributed by atoms with van der Waals surface area (Å²) in [4.78, 5) is 61.5. The second kappa shape index (κ2) is 12.6. The molecule has 2 aromatic rings. The van der Waals surface area contributed by atoms with E-state index in [4.69, 9.17) is 39.5 Å². The fourth-order valence-corrected chi connectivity index (χ4v) is 6.82. The SMILES string of the molecule is C=C1N[C@H]2[C@H](CN3C(=O)CN(c4ccccc4)C3=O)N=C(NC(=O)OCC(Cl)(Cl)Cl)N3C[C@H](NC(=O)c4cccc(C)c4C)C(O)(O)[C@]23N1. The number of rotatable bonds is 6. The first-order chi connectivity index (χ1) is 23.0. The number of aliphatic imine (C=N–C) groups is 1. The fourth-order valence-electron chi connectivity index (χ4n) is 6.66. The third kappa shape index (κ3) is 6.10. The number of aliphatic hydroxyl groups is 2. The van der Waals surface area contributed by atoms with Gasteiger partial charge in [-0.2, -0.15) is 0 Å². The Morgan fingerprint density at radius 1 is 1.12 bits per heavy atom. The van der Waals surface area contributed by atoms with E-state index in [-0.39, 0.29) is 31.4 Å². The van der Waals surface area contributed by atoms with Gasteiger partial charge in [0.2, 0.25) is 15.5 Å². The quantitative estimate of drug-likeness (QED) is 0.144. The van der Waals surface area contributed by atoms with Gasteiger partial charge >= 0.3 is 12.1 Å². The number of ether oxygens (including phenoxy) is 1. The molecule has 5 amide bonds. The molecule has 49 heavy (non-hydrogen) atoms. The number of carbonyl (C=O) groups is 4. The minimum Gasteiger partial charge on any atom is -0.445 e. The number of amides is 5. The smallest absolute Gasteiger partial charge is 0.414 e. The van der Waals surface area contributed by atoms with E-state index in [1.54, 1.807) is 49.4 Å². The number of carbonyl (C=O) groups excluding carboxylic acids is 4. The number of alkyl halides is 3. The number of guanidine groups is 1. The van der Waals surface area contributed by atoms with Crippen LogP contribution in [0.4, 0.5) is 15.3 Å². The number of para-hydroxylation sites is 1. The highest BCUT2D eigenvalue weighted by Crippen LogP contribution is 2.45. The molecule has 0 aliphatic carbocycles. The van der Waals surface area contributed by atoms with Crippen LogP contribution < -0.4 is 26.2 Å². The Balaban J connectivity index is 1.36. The van der Waals surface area contributed by atoms with Gasteiger partial charge in [0.05, 0.1) is 24.4 Å². The van der Waals surface area contributed by atoms with E-state index in [2.05, 4.69) is 32.8 Å². The summed E-state index contributed by atoms with van der Waals surface area (Å²) in [6, 6.07) is 9.61. The van der Waals surface area contributed by atoms with Crippen LogP contribution in [0.15, 0.2) is 65.9 Å². The Labute approximate surface area is 295 Å². The predicted octanol–water partition coefficient (Wildman–Crippen LogP) is 1.43. The van der Waals surface area contributed by atoms with Crippen molar-refractivity contribution in [2.45, 2.75) is 47.2 Å². The maximum atomic E-state index is 13.5. The van der Waals surface area contributed by atoms with Crippen molar-refractivity contribution in [2.24, 2.45) is 4.99 Å². The van der Waals surface area contributed by atoms with Crippen LogP contribution in [0.2, 0.25) is 0 Å². The first-order valence-corrected chi connectivity index (χ1v) is 16.2. The summed E-state index contributed by atoms with van der Waals surface area (Å²) in [6.45, 7) is 6.05. The van der Waals surface area contributed by atoms with Gasteiger partial charge in [-0.15, -0.1) is 0 Å². The van der Waals surface area contributed by atoms with Crippen LogP contribution in [-0.2, 0) is 9.53 Å². The van der Waals surface area contributed by atoms with E-state index in [1.807, 2.05) is 13.0 Å². The van der Waals surface area contributed by atoms with Crippen molar-refractivity contribution >= 4 is 70.4 Å². The first-order valence-electron chi connectivity index (χ1n) is 15.1. The number of nitrogens with one attached hydrogen (secondary N) is 4. The van der Waals surface area contributed by atoms with Crippen LogP contribution in [-0.4, -0.2) is 110 Å². The predicted molar refractivity (Wildman–Crippen MR) is 180 cm³/mol. The molecule has 15 nitrogen and oxygen atoms in total. The molecule has 260 valence electrons. The van der Waals surface area contributed by atoms with Gasteiger partial charge in [0, 0.05) is 17.8 Å². The Morgan fingerprint density at radius 2 is 1.84 bits per heavy atom. The molecule has 3 saturated heterocycles. The lowest BCUT2D eigenvalue weighted by atomic mass is 9.85. The number of imide groups is 1. The second-order valence-electron chi connectivity index (χ2n) is 12.1. The molecular formula is C31H33Cl3N8O7. The van der Waals surface area contributed by atoms with E-state index in [0.29, 0.717) is 16.8 Å². The molecular weight excluding hydrogens is 703 g/mol. The zero-order chi connectivity index (χ0) is 35.5. The Hall–Kier alpha value is -4.28. The lowest BCUT2D eigenvalue weighted by Crippen LogP contribution is -2.78. The van der Waals surface area contributed by atoms with Crippen LogP contribution in [0, 0.1) is 13.8 Å². The highest BCUT2D eigenvalue weighted by atomic mass is 35.6. The Kier molecular flexibility index (Phi) is 8.86. The highest BCUT2D eigenvalue weighted by molar-refractivity contribution is 6.67. The number of urea groups is 1. The molecule has 1 spiro atoms. The van der Waals surface area contributed by atoms with Gasteiger partial charge < -0.3 is 35.8 Å². The van der Waals surface area contributed by atoms with Gasteiger partial charge in [-0.25, -0.2) is 14.6 Å². The molecule has 6 rings (SSSR count). The van der Waals surface area contributed by atoms with Gasteiger partial charge in [0.1, 0.15) is 19.2 Å². The number of anilines is 1. The second-order valence-corrected chi connectivity index (χ2v) is 14.7. The molecule has 4 aliphatic heterocycles. The van der Waals surface area contributed by atoms with Crippen molar-refractivity contribution in [3.8, 4) is 0 Å². The van der Waals surface area contributed by atoms with Crippen LogP contribution in [0.1, 0.15) is 21.5 Å². The number of alkyl carbamates (subject to hydrolysis) is 1. The lowest BCUT2D eigenvalue weighted by molar-refractivity contribution is -0.231.